The molecule has 4 rings (SSSR count). The third-order valence-corrected chi connectivity index (χ3v) is 6.19. The van der Waals surface area contributed by atoms with Gasteiger partial charge in [-0.3, -0.25) is 4.99 Å². The molecule has 5 nitrogen and oxygen atoms in total. The van der Waals surface area contributed by atoms with Crippen molar-refractivity contribution in [1.29, 1.82) is 0 Å². The highest BCUT2D eigenvalue weighted by molar-refractivity contribution is 6.10. The molecule has 1 saturated carbocycles. The maximum atomic E-state index is 5.71. The van der Waals surface area contributed by atoms with Crippen molar-refractivity contribution in [2.45, 2.75) is 44.1 Å². The number of methoxy groups -OCH3 is 1. The smallest absolute Gasteiger partial charge is 0.123 e. The fourth-order valence-corrected chi connectivity index (χ4v) is 4.60. The number of ether oxygens (including phenoxy) is 1. The number of likely N-dealkylation sites (tertiary alicyclic amines) is 1. The fraction of sp³-hybridized carbons (Fsp3) is 0.650. The van der Waals surface area contributed by atoms with Crippen LogP contribution in [0.25, 0.3) is 0 Å². The average molecular weight is 342 g/mol. The molecule has 1 spiro atoms. The summed E-state index contributed by atoms with van der Waals surface area (Å²) in [5, 5.41) is 7.15. The zero-order valence-electron chi connectivity index (χ0n) is 15.5. The maximum Gasteiger partial charge on any atom is 0.123 e. The van der Waals surface area contributed by atoms with Crippen molar-refractivity contribution >= 4 is 11.5 Å². The van der Waals surface area contributed by atoms with Crippen molar-refractivity contribution in [2.75, 3.05) is 45.7 Å². The summed E-state index contributed by atoms with van der Waals surface area (Å²) in [5.74, 6) is 2.13. The van der Waals surface area contributed by atoms with Crippen LogP contribution in [0.5, 0.6) is 5.75 Å². The molecule has 25 heavy (non-hydrogen) atoms. The standard InChI is InChI=1S/C20H30N4O/c1-21-19-20(6-5-7-20)16-13-18(25-2)15(12-17(16)23-19)14-22-8-11-24-9-3-4-10-24/h12-13,22H,3-11,14H2,1-2H3,(H,21,23). The Balaban J connectivity index is 1.46. The van der Waals surface area contributed by atoms with E-state index in [0.717, 1.165) is 31.2 Å². The molecule has 1 aliphatic carbocycles. The summed E-state index contributed by atoms with van der Waals surface area (Å²) in [4.78, 5) is 7.07. The molecular formula is C20H30N4O. The molecule has 0 amide bonds. The Kier molecular flexibility index (Phi) is 4.69. The molecule has 2 N–H and O–H groups in total. The lowest BCUT2D eigenvalue weighted by molar-refractivity contribution is 0.334. The molecule has 0 bridgehead atoms. The summed E-state index contributed by atoms with van der Waals surface area (Å²) in [6.45, 7) is 5.53. The van der Waals surface area contributed by atoms with Gasteiger partial charge in [0.2, 0.25) is 0 Å². The summed E-state index contributed by atoms with van der Waals surface area (Å²) in [6.07, 6.45) is 6.37. The topological polar surface area (TPSA) is 48.9 Å². The lowest BCUT2D eigenvalue weighted by Crippen LogP contribution is -2.41. The zero-order valence-corrected chi connectivity index (χ0v) is 15.5. The van der Waals surface area contributed by atoms with Crippen molar-refractivity contribution in [2.24, 2.45) is 4.99 Å². The normalized spacial score (nSPS) is 22.9. The molecule has 1 aromatic rings. The summed E-state index contributed by atoms with van der Waals surface area (Å²) in [6, 6.07) is 4.51. The van der Waals surface area contributed by atoms with Crippen molar-refractivity contribution in [3.63, 3.8) is 0 Å². The van der Waals surface area contributed by atoms with E-state index < -0.39 is 0 Å². The van der Waals surface area contributed by atoms with Crippen LogP contribution in [0.15, 0.2) is 17.1 Å². The van der Waals surface area contributed by atoms with Crippen LogP contribution in [-0.2, 0) is 12.0 Å². The van der Waals surface area contributed by atoms with E-state index in [-0.39, 0.29) is 5.41 Å². The number of rotatable bonds is 6. The molecule has 0 atom stereocenters. The van der Waals surface area contributed by atoms with Crippen molar-refractivity contribution < 1.29 is 4.74 Å². The zero-order chi connectivity index (χ0) is 17.3. The molecule has 3 aliphatic rings. The summed E-state index contributed by atoms with van der Waals surface area (Å²) >= 11 is 0. The molecule has 5 heteroatoms. The minimum absolute atomic E-state index is 0.124. The molecule has 0 aromatic heterocycles. The van der Waals surface area contributed by atoms with Gasteiger partial charge in [-0.2, -0.15) is 0 Å². The molecular weight excluding hydrogens is 312 g/mol. The van der Waals surface area contributed by atoms with E-state index in [4.69, 9.17) is 4.74 Å². The van der Waals surface area contributed by atoms with Gasteiger partial charge in [0.15, 0.2) is 0 Å². The van der Waals surface area contributed by atoms with Gasteiger partial charge in [-0.05, 0) is 56.5 Å². The first-order chi connectivity index (χ1) is 12.3. The molecule has 2 aliphatic heterocycles. The van der Waals surface area contributed by atoms with Crippen LogP contribution in [0.1, 0.15) is 43.2 Å². The van der Waals surface area contributed by atoms with Crippen LogP contribution < -0.4 is 15.4 Å². The SMILES string of the molecule is CN=C1Nc2cc(CNCCN3CCCC3)c(OC)cc2C12CCC2. The summed E-state index contributed by atoms with van der Waals surface area (Å²) in [7, 11) is 3.67. The number of fused-ring (bicyclic) bond motifs is 2. The third kappa shape index (κ3) is 2.93. The summed E-state index contributed by atoms with van der Waals surface area (Å²) in [5.41, 5.74) is 3.94. The second kappa shape index (κ2) is 6.96. The average Bonchev–Trinajstić information content (AvgIpc) is 3.22. The van der Waals surface area contributed by atoms with Gasteiger partial charge in [0.25, 0.3) is 0 Å². The number of aliphatic imine (C=N–C) groups is 1. The monoisotopic (exact) mass is 342 g/mol. The number of hydrogen-bond acceptors (Lipinski definition) is 4. The van der Waals surface area contributed by atoms with Crippen molar-refractivity contribution in [3.05, 3.63) is 23.3 Å². The second-order valence-corrected chi connectivity index (χ2v) is 7.57. The van der Waals surface area contributed by atoms with Gasteiger partial charge in [0, 0.05) is 37.9 Å². The van der Waals surface area contributed by atoms with Gasteiger partial charge in [-0.25, -0.2) is 0 Å². The number of anilines is 1. The lowest BCUT2D eigenvalue weighted by atomic mass is 9.65. The Morgan fingerprint density at radius 3 is 2.68 bits per heavy atom. The highest BCUT2D eigenvalue weighted by Crippen LogP contribution is 2.52. The predicted octanol–water partition coefficient (Wildman–Crippen LogP) is 2.76. The Bertz CT molecular complexity index is 660. The van der Waals surface area contributed by atoms with Crippen molar-refractivity contribution in [1.82, 2.24) is 10.2 Å². The van der Waals surface area contributed by atoms with E-state index in [1.807, 2.05) is 7.05 Å². The third-order valence-electron chi connectivity index (χ3n) is 6.19. The molecule has 1 saturated heterocycles. The van der Waals surface area contributed by atoms with Crippen LogP contribution in [-0.4, -0.2) is 51.1 Å². The second-order valence-electron chi connectivity index (χ2n) is 7.57. The Hall–Kier alpha value is -1.59. The minimum atomic E-state index is 0.124. The number of nitrogens with zero attached hydrogens (tertiary/aromatic N) is 2. The fourth-order valence-electron chi connectivity index (χ4n) is 4.60. The number of nitrogens with one attached hydrogen (secondary N) is 2. The minimum Gasteiger partial charge on any atom is -0.496 e. The van der Waals surface area contributed by atoms with E-state index >= 15 is 0 Å². The van der Waals surface area contributed by atoms with Crippen LogP contribution in [0.3, 0.4) is 0 Å². The van der Waals surface area contributed by atoms with Gasteiger partial charge < -0.3 is 20.3 Å². The Morgan fingerprint density at radius 1 is 1.24 bits per heavy atom. The van der Waals surface area contributed by atoms with Gasteiger partial charge >= 0.3 is 0 Å². The molecule has 136 valence electrons. The van der Waals surface area contributed by atoms with Gasteiger partial charge in [0.05, 0.1) is 12.5 Å². The summed E-state index contributed by atoms with van der Waals surface area (Å²) < 4.78 is 5.71. The van der Waals surface area contributed by atoms with Gasteiger partial charge in [0.1, 0.15) is 11.6 Å². The molecule has 2 heterocycles. The van der Waals surface area contributed by atoms with Crippen LogP contribution in [0, 0.1) is 0 Å². The van der Waals surface area contributed by atoms with Crippen LogP contribution in [0.2, 0.25) is 0 Å². The number of hydrogen-bond donors (Lipinski definition) is 2. The first-order valence-electron chi connectivity index (χ1n) is 9.65. The van der Waals surface area contributed by atoms with E-state index in [2.05, 4.69) is 32.7 Å². The number of amidine groups is 1. The van der Waals surface area contributed by atoms with Crippen LogP contribution >= 0.6 is 0 Å². The highest BCUT2D eigenvalue weighted by atomic mass is 16.5. The quantitative estimate of drug-likeness (QED) is 0.781. The first kappa shape index (κ1) is 16.9. The predicted molar refractivity (Wildman–Crippen MR) is 103 cm³/mol. The highest BCUT2D eigenvalue weighted by Gasteiger charge is 2.49. The van der Waals surface area contributed by atoms with Gasteiger partial charge in [-0.1, -0.05) is 6.42 Å². The van der Waals surface area contributed by atoms with Gasteiger partial charge in [-0.15, -0.1) is 0 Å². The van der Waals surface area contributed by atoms with E-state index in [9.17, 15) is 0 Å². The Morgan fingerprint density at radius 2 is 2.04 bits per heavy atom. The molecule has 0 radical (unpaired) electrons. The number of benzene rings is 1. The maximum absolute atomic E-state index is 5.71. The largest absolute Gasteiger partial charge is 0.496 e. The van der Waals surface area contributed by atoms with E-state index in [1.54, 1.807) is 7.11 Å². The van der Waals surface area contributed by atoms with E-state index in [1.165, 1.54) is 62.0 Å². The van der Waals surface area contributed by atoms with E-state index in [0.29, 0.717) is 0 Å². The lowest BCUT2D eigenvalue weighted by Gasteiger charge is -2.38. The molecule has 0 unspecified atom stereocenters. The van der Waals surface area contributed by atoms with Crippen LogP contribution in [0.4, 0.5) is 5.69 Å². The first-order valence-corrected chi connectivity index (χ1v) is 9.65. The molecule has 1 aromatic carbocycles. The molecule has 2 fully saturated rings. The Labute approximate surface area is 150 Å². The van der Waals surface area contributed by atoms with Crippen molar-refractivity contribution in [3.8, 4) is 5.75 Å².